The molecular weight excluding hydrogens is 278 g/mol. The zero-order valence-electron chi connectivity index (χ0n) is 10.9. The predicted octanol–water partition coefficient (Wildman–Crippen LogP) is 1.34. The molecule has 3 heterocycles. The molecule has 2 atom stereocenters. The van der Waals surface area contributed by atoms with Crippen LogP contribution in [0.5, 0.6) is 0 Å². The number of aromatic nitrogens is 6. The zero-order valence-corrected chi connectivity index (χ0v) is 11.6. The summed E-state index contributed by atoms with van der Waals surface area (Å²) >= 11 is 6.02. The SMILES string of the molecule is Clc1nc(N2CC3CCCC3C2)nc(-n2cncn2)n1. The van der Waals surface area contributed by atoms with Gasteiger partial charge in [-0.1, -0.05) is 6.42 Å². The van der Waals surface area contributed by atoms with Crippen LogP contribution in [0.3, 0.4) is 0 Å². The number of halogens is 1. The number of hydrogen-bond acceptors (Lipinski definition) is 6. The zero-order chi connectivity index (χ0) is 13.5. The van der Waals surface area contributed by atoms with E-state index in [0.717, 1.165) is 24.9 Å². The molecule has 0 aromatic carbocycles. The van der Waals surface area contributed by atoms with E-state index in [-0.39, 0.29) is 5.28 Å². The molecule has 2 aromatic heterocycles. The van der Waals surface area contributed by atoms with E-state index in [9.17, 15) is 0 Å². The molecule has 2 unspecified atom stereocenters. The van der Waals surface area contributed by atoms with Gasteiger partial charge in [-0.3, -0.25) is 0 Å². The number of hydrogen-bond donors (Lipinski definition) is 0. The van der Waals surface area contributed by atoms with Gasteiger partial charge in [0.15, 0.2) is 0 Å². The van der Waals surface area contributed by atoms with Crippen molar-refractivity contribution in [2.45, 2.75) is 19.3 Å². The summed E-state index contributed by atoms with van der Waals surface area (Å²) in [6.45, 7) is 2.03. The standard InChI is InChI=1S/C12H14ClN7/c13-10-16-11(18-12(17-10)20-7-14-6-15-20)19-4-8-2-1-3-9(8)5-19/h6-9H,1-5H2. The fraction of sp³-hybridized carbons (Fsp3) is 0.583. The molecule has 0 spiro atoms. The molecule has 1 aliphatic heterocycles. The fourth-order valence-corrected chi connectivity index (χ4v) is 3.43. The summed E-state index contributed by atoms with van der Waals surface area (Å²) in [5.74, 6) is 2.61. The maximum Gasteiger partial charge on any atom is 0.258 e. The molecule has 0 radical (unpaired) electrons. The largest absolute Gasteiger partial charge is 0.340 e. The van der Waals surface area contributed by atoms with Crippen LogP contribution >= 0.6 is 11.6 Å². The van der Waals surface area contributed by atoms with Crippen LogP contribution in [0.25, 0.3) is 5.95 Å². The maximum absolute atomic E-state index is 6.02. The van der Waals surface area contributed by atoms with Gasteiger partial charge in [0.1, 0.15) is 12.7 Å². The van der Waals surface area contributed by atoms with E-state index in [4.69, 9.17) is 11.6 Å². The second-order valence-corrected chi connectivity index (χ2v) is 5.74. The van der Waals surface area contributed by atoms with Gasteiger partial charge >= 0.3 is 0 Å². The Balaban J connectivity index is 1.65. The van der Waals surface area contributed by atoms with E-state index in [2.05, 4.69) is 29.9 Å². The Bertz CT molecular complexity index is 602. The van der Waals surface area contributed by atoms with Crippen LogP contribution in [0, 0.1) is 11.8 Å². The van der Waals surface area contributed by atoms with Crippen molar-refractivity contribution in [2.24, 2.45) is 11.8 Å². The van der Waals surface area contributed by atoms with E-state index in [1.807, 2.05) is 0 Å². The third kappa shape index (κ3) is 2.02. The topological polar surface area (TPSA) is 72.6 Å². The molecule has 7 nitrogen and oxygen atoms in total. The Morgan fingerprint density at radius 2 is 1.80 bits per heavy atom. The summed E-state index contributed by atoms with van der Waals surface area (Å²) in [6, 6.07) is 0. The first-order valence-electron chi connectivity index (χ1n) is 6.81. The molecule has 0 amide bonds. The van der Waals surface area contributed by atoms with Crippen LogP contribution in [0.2, 0.25) is 5.28 Å². The van der Waals surface area contributed by atoms with Crippen molar-refractivity contribution in [1.29, 1.82) is 0 Å². The van der Waals surface area contributed by atoms with E-state index >= 15 is 0 Å². The van der Waals surface area contributed by atoms with Gasteiger partial charge in [-0.25, -0.2) is 4.98 Å². The first-order chi connectivity index (χ1) is 9.79. The number of anilines is 1. The fourth-order valence-electron chi connectivity index (χ4n) is 3.28. The smallest absolute Gasteiger partial charge is 0.258 e. The molecule has 2 aromatic rings. The van der Waals surface area contributed by atoms with Gasteiger partial charge in [0, 0.05) is 13.1 Å². The molecule has 104 valence electrons. The van der Waals surface area contributed by atoms with Gasteiger partial charge in [0.25, 0.3) is 5.95 Å². The lowest BCUT2D eigenvalue weighted by Gasteiger charge is -2.17. The summed E-state index contributed by atoms with van der Waals surface area (Å²) in [6.07, 6.45) is 6.98. The number of rotatable bonds is 2. The van der Waals surface area contributed by atoms with Gasteiger partial charge in [0.05, 0.1) is 0 Å². The van der Waals surface area contributed by atoms with E-state index in [1.54, 1.807) is 6.33 Å². The Hall–Kier alpha value is -1.76. The van der Waals surface area contributed by atoms with E-state index in [1.165, 1.54) is 30.3 Å². The molecule has 4 rings (SSSR count). The minimum absolute atomic E-state index is 0.192. The van der Waals surface area contributed by atoms with Gasteiger partial charge < -0.3 is 4.90 Å². The highest BCUT2D eigenvalue weighted by Gasteiger charge is 2.37. The Morgan fingerprint density at radius 1 is 1.05 bits per heavy atom. The third-order valence-corrected chi connectivity index (χ3v) is 4.39. The van der Waals surface area contributed by atoms with Crippen LogP contribution in [-0.2, 0) is 0 Å². The van der Waals surface area contributed by atoms with E-state index in [0.29, 0.717) is 11.9 Å². The van der Waals surface area contributed by atoms with Crippen molar-refractivity contribution >= 4 is 17.5 Å². The Labute approximate surface area is 121 Å². The second kappa shape index (κ2) is 4.66. The lowest BCUT2D eigenvalue weighted by molar-refractivity contribution is 0.494. The van der Waals surface area contributed by atoms with Crippen LogP contribution < -0.4 is 4.90 Å². The normalized spacial score (nSPS) is 25.1. The predicted molar refractivity (Wildman–Crippen MR) is 72.8 cm³/mol. The molecule has 0 bridgehead atoms. The molecule has 8 heteroatoms. The minimum atomic E-state index is 0.192. The summed E-state index contributed by atoms with van der Waals surface area (Å²) in [4.78, 5) is 18.9. The highest BCUT2D eigenvalue weighted by molar-refractivity contribution is 6.28. The lowest BCUT2D eigenvalue weighted by Crippen LogP contribution is -2.24. The second-order valence-electron chi connectivity index (χ2n) is 5.40. The van der Waals surface area contributed by atoms with Crippen molar-refractivity contribution in [3.63, 3.8) is 0 Å². The monoisotopic (exact) mass is 291 g/mol. The molecule has 2 aliphatic rings. The number of nitrogens with zero attached hydrogens (tertiary/aromatic N) is 7. The average Bonchev–Trinajstić information content (AvgIpc) is 3.14. The van der Waals surface area contributed by atoms with Gasteiger partial charge in [-0.15, -0.1) is 0 Å². The van der Waals surface area contributed by atoms with Crippen LogP contribution in [0.15, 0.2) is 12.7 Å². The highest BCUT2D eigenvalue weighted by atomic mass is 35.5. The minimum Gasteiger partial charge on any atom is -0.340 e. The Morgan fingerprint density at radius 3 is 2.50 bits per heavy atom. The van der Waals surface area contributed by atoms with Crippen LogP contribution in [0.1, 0.15) is 19.3 Å². The number of fused-ring (bicyclic) bond motifs is 1. The first-order valence-corrected chi connectivity index (χ1v) is 7.19. The lowest BCUT2D eigenvalue weighted by atomic mass is 10.0. The first kappa shape index (κ1) is 12.0. The highest BCUT2D eigenvalue weighted by Crippen LogP contribution is 2.38. The van der Waals surface area contributed by atoms with Gasteiger partial charge in [0.2, 0.25) is 11.2 Å². The average molecular weight is 292 g/mol. The van der Waals surface area contributed by atoms with Crippen LogP contribution in [0.4, 0.5) is 5.95 Å². The van der Waals surface area contributed by atoms with E-state index < -0.39 is 0 Å². The van der Waals surface area contributed by atoms with Crippen molar-refractivity contribution < 1.29 is 0 Å². The molecule has 0 N–H and O–H groups in total. The molecule has 2 fully saturated rings. The van der Waals surface area contributed by atoms with Crippen molar-refractivity contribution in [1.82, 2.24) is 29.7 Å². The Kier molecular flexibility index (Phi) is 2.80. The summed E-state index contributed by atoms with van der Waals surface area (Å²) < 4.78 is 1.49. The quantitative estimate of drug-likeness (QED) is 0.831. The molecule has 1 aliphatic carbocycles. The van der Waals surface area contributed by atoms with Crippen LogP contribution in [-0.4, -0.2) is 42.8 Å². The maximum atomic E-state index is 6.02. The van der Waals surface area contributed by atoms with Gasteiger partial charge in [-0.2, -0.15) is 24.7 Å². The summed E-state index contributed by atoms with van der Waals surface area (Å²) in [5.41, 5.74) is 0. The third-order valence-electron chi connectivity index (χ3n) is 4.22. The summed E-state index contributed by atoms with van der Waals surface area (Å²) in [5, 5.41) is 4.22. The summed E-state index contributed by atoms with van der Waals surface area (Å²) in [7, 11) is 0. The van der Waals surface area contributed by atoms with Crippen molar-refractivity contribution in [2.75, 3.05) is 18.0 Å². The molecule has 20 heavy (non-hydrogen) atoms. The van der Waals surface area contributed by atoms with Crippen molar-refractivity contribution in [3.8, 4) is 5.95 Å². The van der Waals surface area contributed by atoms with Crippen molar-refractivity contribution in [3.05, 3.63) is 17.9 Å². The molecule has 1 saturated carbocycles. The molecular formula is C12H14ClN7. The van der Waals surface area contributed by atoms with Gasteiger partial charge in [-0.05, 0) is 36.3 Å². The molecule has 1 saturated heterocycles.